The van der Waals surface area contributed by atoms with E-state index in [9.17, 15) is 13.2 Å². The molecule has 0 aliphatic carbocycles. The topological polar surface area (TPSA) is 48.1 Å². The van der Waals surface area contributed by atoms with E-state index in [0.717, 1.165) is 6.07 Å². The Kier molecular flexibility index (Phi) is 4.29. The molecule has 1 aromatic heterocycles. The molecule has 0 saturated carbocycles. The highest BCUT2D eigenvalue weighted by Gasteiger charge is 2.33. The van der Waals surface area contributed by atoms with Crippen LogP contribution in [0.1, 0.15) is 11.1 Å². The number of hydrogen-bond acceptors (Lipinski definition) is 3. The first-order valence-electron chi connectivity index (χ1n) is 5.59. The van der Waals surface area contributed by atoms with Gasteiger partial charge in [-0.3, -0.25) is 4.98 Å². The second kappa shape index (κ2) is 5.80. The molecule has 0 fully saturated rings. The first-order chi connectivity index (χ1) is 9.40. The number of nitrogens with zero attached hydrogens (tertiary/aromatic N) is 1. The van der Waals surface area contributed by atoms with Crippen LogP contribution >= 0.6 is 15.9 Å². The summed E-state index contributed by atoms with van der Waals surface area (Å²) in [6.45, 7) is -0.187. The van der Waals surface area contributed by atoms with Crippen molar-refractivity contribution in [1.29, 1.82) is 0 Å². The number of alkyl halides is 3. The largest absolute Gasteiger partial charge is 0.456 e. The third-order valence-electron chi connectivity index (χ3n) is 2.52. The fourth-order valence-corrected chi connectivity index (χ4v) is 1.99. The van der Waals surface area contributed by atoms with E-state index in [-0.39, 0.29) is 17.9 Å². The third kappa shape index (κ3) is 3.49. The maximum Gasteiger partial charge on any atom is 0.416 e. The molecule has 1 heterocycles. The number of hydrogen-bond donors (Lipinski definition) is 1. The SMILES string of the molecule is NCc1ccc(Oc2cncc(Br)c2)cc1C(F)(F)F. The second-order valence-electron chi connectivity index (χ2n) is 3.96. The van der Waals surface area contributed by atoms with Crippen LogP contribution in [0.4, 0.5) is 13.2 Å². The molecule has 3 nitrogen and oxygen atoms in total. The summed E-state index contributed by atoms with van der Waals surface area (Å²) in [4.78, 5) is 3.87. The summed E-state index contributed by atoms with van der Waals surface area (Å²) in [7, 11) is 0. The highest BCUT2D eigenvalue weighted by molar-refractivity contribution is 9.10. The van der Waals surface area contributed by atoms with E-state index >= 15 is 0 Å². The van der Waals surface area contributed by atoms with E-state index in [1.54, 1.807) is 12.3 Å². The van der Waals surface area contributed by atoms with Crippen molar-refractivity contribution in [2.24, 2.45) is 5.73 Å². The van der Waals surface area contributed by atoms with Gasteiger partial charge in [0, 0.05) is 17.2 Å². The van der Waals surface area contributed by atoms with Crippen LogP contribution in [0, 0.1) is 0 Å². The van der Waals surface area contributed by atoms with E-state index < -0.39 is 11.7 Å². The minimum atomic E-state index is -4.47. The zero-order valence-electron chi connectivity index (χ0n) is 10.1. The molecule has 2 aromatic rings. The van der Waals surface area contributed by atoms with Crippen LogP contribution in [0.5, 0.6) is 11.5 Å². The second-order valence-corrected chi connectivity index (χ2v) is 4.88. The van der Waals surface area contributed by atoms with Crippen molar-refractivity contribution in [3.63, 3.8) is 0 Å². The lowest BCUT2D eigenvalue weighted by molar-refractivity contribution is -0.138. The number of nitrogens with two attached hydrogens (primary N) is 1. The maximum atomic E-state index is 12.9. The number of ether oxygens (including phenoxy) is 1. The minimum Gasteiger partial charge on any atom is -0.456 e. The average molecular weight is 347 g/mol. The quantitative estimate of drug-likeness (QED) is 0.909. The van der Waals surface area contributed by atoms with Crippen molar-refractivity contribution in [1.82, 2.24) is 4.98 Å². The number of rotatable bonds is 3. The lowest BCUT2D eigenvalue weighted by atomic mass is 10.1. The van der Waals surface area contributed by atoms with Crippen molar-refractivity contribution >= 4 is 15.9 Å². The van der Waals surface area contributed by atoms with Crippen LogP contribution in [-0.2, 0) is 12.7 Å². The number of halogens is 4. The molecule has 0 spiro atoms. The van der Waals surface area contributed by atoms with Gasteiger partial charge in [-0.2, -0.15) is 13.2 Å². The first-order valence-corrected chi connectivity index (χ1v) is 6.38. The van der Waals surface area contributed by atoms with Gasteiger partial charge in [0.25, 0.3) is 0 Å². The van der Waals surface area contributed by atoms with E-state index in [4.69, 9.17) is 10.5 Å². The lowest BCUT2D eigenvalue weighted by Gasteiger charge is -2.14. The minimum absolute atomic E-state index is 0.0252. The Morgan fingerprint density at radius 1 is 1.15 bits per heavy atom. The van der Waals surface area contributed by atoms with Crippen molar-refractivity contribution in [2.75, 3.05) is 0 Å². The fraction of sp³-hybridized carbons (Fsp3) is 0.154. The van der Waals surface area contributed by atoms with Gasteiger partial charge >= 0.3 is 6.18 Å². The molecule has 20 heavy (non-hydrogen) atoms. The van der Waals surface area contributed by atoms with Crippen molar-refractivity contribution in [3.8, 4) is 11.5 Å². The molecule has 2 N–H and O–H groups in total. The summed E-state index contributed by atoms with van der Waals surface area (Å²) in [5, 5.41) is 0. The van der Waals surface area contributed by atoms with E-state index in [1.165, 1.54) is 18.3 Å². The van der Waals surface area contributed by atoms with Crippen LogP contribution in [0.3, 0.4) is 0 Å². The van der Waals surface area contributed by atoms with E-state index in [1.807, 2.05) is 0 Å². The van der Waals surface area contributed by atoms with Crippen LogP contribution in [0.2, 0.25) is 0 Å². The monoisotopic (exact) mass is 346 g/mol. The van der Waals surface area contributed by atoms with Gasteiger partial charge in [-0.25, -0.2) is 0 Å². The van der Waals surface area contributed by atoms with Crippen molar-refractivity contribution in [2.45, 2.75) is 12.7 Å². The molecule has 0 atom stereocenters. The lowest BCUT2D eigenvalue weighted by Crippen LogP contribution is -2.12. The first kappa shape index (κ1) is 14.8. The van der Waals surface area contributed by atoms with Crippen molar-refractivity contribution in [3.05, 3.63) is 52.3 Å². The highest BCUT2D eigenvalue weighted by Crippen LogP contribution is 2.35. The van der Waals surface area contributed by atoms with E-state index in [0.29, 0.717) is 10.2 Å². The molecule has 1 aromatic carbocycles. The molecule has 2 rings (SSSR count). The van der Waals surface area contributed by atoms with Crippen LogP contribution in [0.25, 0.3) is 0 Å². The standard InChI is InChI=1S/C13H10BrF3N2O/c14-9-3-11(7-19-6-9)20-10-2-1-8(5-18)12(4-10)13(15,16)17/h1-4,6-7H,5,18H2. The van der Waals surface area contributed by atoms with Crippen LogP contribution in [0.15, 0.2) is 41.1 Å². The molecule has 0 aliphatic rings. The van der Waals surface area contributed by atoms with Gasteiger partial charge in [0.05, 0.1) is 11.8 Å². The molecule has 0 unspecified atom stereocenters. The predicted molar refractivity (Wildman–Crippen MR) is 71.3 cm³/mol. The summed E-state index contributed by atoms with van der Waals surface area (Å²) < 4.78 is 44.7. The Labute approximate surface area is 121 Å². The average Bonchev–Trinajstić information content (AvgIpc) is 2.37. The summed E-state index contributed by atoms with van der Waals surface area (Å²) in [5.74, 6) is 0.419. The molecule has 0 aliphatic heterocycles. The normalized spacial score (nSPS) is 11.4. The van der Waals surface area contributed by atoms with Crippen LogP contribution < -0.4 is 10.5 Å². The third-order valence-corrected chi connectivity index (χ3v) is 2.96. The molecule has 0 amide bonds. The van der Waals surface area contributed by atoms with Gasteiger partial charge in [-0.05, 0) is 39.7 Å². The van der Waals surface area contributed by atoms with Gasteiger partial charge in [0.2, 0.25) is 0 Å². The predicted octanol–water partition coefficient (Wildman–Crippen LogP) is 4.11. The molecule has 0 saturated heterocycles. The Bertz CT molecular complexity index is 617. The number of pyridine rings is 1. The fourth-order valence-electron chi connectivity index (χ4n) is 1.65. The zero-order chi connectivity index (χ0) is 14.8. The number of aromatic nitrogens is 1. The summed E-state index contributed by atoms with van der Waals surface area (Å²) in [6.07, 6.45) is -1.51. The van der Waals surface area contributed by atoms with E-state index in [2.05, 4.69) is 20.9 Å². The number of benzene rings is 1. The molecule has 106 valence electrons. The van der Waals surface area contributed by atoms with Crippen molar-refractivity contribution < 1.29 is 17.9 Å². The smallest absolute Gasteiger partial charge is 0.416 e. The molecular weight excluding hydrogens is 337 g/mol. The van der Waals surface area contributed by atoms with Gasteiger partial charge < -0.3 is 10.5 Å². The molecule has 0 radical (unpaired) electrons. The van der Waals surface area contributed by atoms with Crippen LogP contribution in [-0.4, -0.2) is 4.98 Å². The van der Waals surface area contributed by atoms with Gasteiger partial charge in [-0.1, -0.05) is 6.07 Å². The van der Waals surface area contributed by atoms with Gasteiger partial charge in [-0.15, -0.1) is 0 Å². The maximum absolute atomic E-state index is 12.9. The van der Waals surface area contributed by atoms with Gasteiger partial charge in [0.15, 0.2) is 0 Å². The zero-order valence-corrected chi connectivity index (χ0v) is 11.7. The Balaban J connectivity index is 2.34. The Morgan fingerprint density at radius 2 is 1.90 bits per heavy atom. The Morgan fingerprint density at radius 3 is 2.50 bits per heavy atom. The summed E-state index contributed by atoms with van der Waals surface area (Å²) in [5.41, 5.74) is 4.55. The summed E-state index contributed by atoms with van der Waals surface area (Å²) >= 11 is 3.21. The molecular formula is C13H10BrF3N2O. The van der Waals surface area contributed by atoms with Gasteiger partial charge in [0.1, 0.15) is 11.5 Å². The summed E-state index contributed by atoms with van der Waals surface area (Å²) in [6, 6.07) is 5.29. The highest BCUT2D eigenvalue weighted by atomic mass is 79.9. The Hall–Kier alpha value is -1.60. The molecule has 0 bridgehead atoms. The molecule has 7 heteroatoms.